The molecule has 0 aliphatic carbocycles. The summed E-state index contributed by atoms with van der Waals surface area (Å²) in [6.07, 6.45) is 2.07. The maximum Gasteiger partial charge on any atom is 0.307 e. The van der Waals surface area contributed by atoms with Gasteiger partial charge in [-0.3, -0.25) is 4.79 Å². The summed E-state index contributed by atoms with van der Waals surface area (Å²) >= 11 is 0. The lowest BCUT2D eigenvalue weighted by Gasteiger charge is -2.35. The van der Waals surface area contributed by atoms with Crippen LogP contribution >= 0.6 is 0 Å². The van der Waals surface area contributed by atoms with E-state index in [4.69, 9.17) is 9.84 Å². The van der Waals surface area contributed by atoms with Crippen LogP contribution in [0.1, 0.15) is 25.3 Å². The molecule has 0 aromatic heterocycles. The minimum Gasteiger partial charge on any atom is -0.486 e. The molecule has 0 radical (unpaired) electrons. The van der Waals surface area contributed by atoms with Crippen molar-refractivity contribution in [2.24, 2.45) is 0 Å². The van der Waals surface area contributed by atoms with E-state index >= 15 is 0 Å². The zero-order valence-corrected chi connectivity index (χ0v) is 10.6. The van der Waals surface area contributed by atoms with Gasteiger partial charge in [0.05, 0.1) is 6.42 Å². The van der Waals surface area contributed by atoms with Gasteiger partial charge in [-0.2, -0.15) is 0 Å². The molecule has 1 saturated heterocycles. The highest BCUT2D eigenvalue weighted by molar-refractivity contribution is 5.71. The average molecular weight is 249 g/mol. The topological polar surface area (TPSA) is 58.6 Å². The van der Waals surface area contributed by atoms with Gasteiger partial charge in [0.1, 0.15) is 11.4 Å². The number of ether oxygens (including phenoxy) is 1. The molecular weight excluding hydrogens is 230 g/mol. The summed E-state index contributed by atoms with van der Waals surface area (Å²) in [7, 11) is 0. The van der Waals surface area contributed by atoms with Crippen molar-refractivity contribution in [3.8, 4) is 5.75 Å². The van der Waals surface area contributed by atoms with Crippen molar-refractivity contribution in [1.82, 2.24) is 5.32 Å². The van der Waals surface area contributed by atoms with E-state index in [1.807, 2.05) is 24.3 Å². The fourth-order valence-corrected chi connectivity index (χ4v) is 2.29. The van der Waals surface area contributed by atoms with Gasteiger partial charge in [0.15, 0.2) is 0 Å². The molecule has 0 spiro atoms. The molecule has 1 heterocycles. The van der Waals surface area contributed by atoms with Crippen molar-refractivity contribution in [2.45, 2.75) is 31.8 Å². The number of benzene rings is 1. The van der Waals surface area contributed by atoms with E-state index in [1.165, 1.54) is 0 Å². The predicted molar refractivity (Wildman–Crippen MR) is 68.9 cm³/mol. The van der Waals surface area contributed by atoms with E-state index in [1.54, 1.807) is 0 Å². The lowest BCUT2D eigenvalue weighted by Crippen LogP contribution is -2.47. The van der Waals surface area contributed by atoms with Gasteiger partial charge in [-0.05, 0) is 32.4 Å². The lowest BCUT2D eigenvalue weighted by atomic mass is 9.96. The molecule has 1 atom stereocenters. The molecule has 0 bridgehead atoms. The lowest BCUT2D eigenvalue weighted by molar-refractivity contribution is -0.136. The first-order valence-electron chi connectivity index (χ1n) is 6.28. The van der Waals surface area contributed by atoms with Gasteiger partial charge in [0.2, 0.25) is 0 Å². The average Bonchev–Trinajstić information content (AvgIpc) is 2.32. The van der Waals surface area contributed by atoms with Crippen LogP contribution in [-0.4, -0.2) is 29.8 Å². The largest absolute Gasteiger partial charge is 0.486 e. The third-order valence-corrected chi connectivity index (χ3v) is 3.23. The van der Waals surface area contributed by atoms with Crippen LogP contribution in [0, 0.1) is 0 Å². The first-order valence-corrected chi connectivity index (χ1v) is 6.28. The number of nitrogens with one attached hydrogen (secondary N) is 1. The molecule has 0 saturated carbocycles. The highest BCUT2D eigenvalue weighted by atomic mass is 16.5. The third-order valence-electron chi connectivity index (χ3n) is 3.23. The molecule has 4 nitrogen and oxygen atoms in total. The molecule has 1 aromatic rings. The summed E-state index contributed by atoms with van der Waals surface area (Å²) in [6, 6.07) is 7.37. The van der Waals surface area contributed by atoms with Crippen LogP contribution < -0.4 is 10.1 Å². The van der Waals surface area contributed by atoms with Crippen LogP contribution in [-0.2, 0) is 11.2 Å². The molecule has 0 amide bonds. The summed E-state index contributed by atoms with van der Waals surface area (Å²) in [5.74, 6) is -0.149. The van der Waals surface area contributed by atoms with Crippen LogP contribution in [0.4, 0.5) is 0 Å². The number of rotatable bonds is 4. The molecule has 1 aliphatic rings. The Morgan fingerprint density at radius 1 is 1.50 bits per heavy atom. The Morgan fingerprint density at radius 3 is 2.94 bits per heavy atom. The second-order valence-corrected chi connectivity index (χ2v) is 5.01. The maximum absolute atomic E-state index is 10.8. The number of piperidine rings is 1. The quantitative estimate of drug-likeness (QED) is 0.854. The zero-order valence-electron chi connectivity index (χ0n) is 10.6. The van der Waals surface area contributed by atoms with Crippen LogP contribution in [0.3, 0.4) is 0 Å². The highest BCUT2D eigenvalue weighted by Gasteiger charge is 2.29. The summed E-state index contributed by atoms with van der Waals surface area (Å²) < 4.78 is 6.05. The van der Waals surface area contributed by atoms with Crippen LogP contribution in [0.5, 0.6) is 5.75 Å². The second-order valence-electron chi connectivity index (χ2n) is 5.01. The Morgan fingerprint density at radius 2 is 2.28 bits per heavy atom. The number of hydrogen-bond donors (Lipinski definition) is 2. The summed E-state index contributed by atoms with van der Waals surface area (Å²) in [4.78, 5) is 10.8. The van der Waals surface area contributed by atoms with E-state index < -0.39 is 5.97 Å². The number of hydrogen-bond acceptors (Lipinski definition) is 3. The third kappa shape index (κ3) is 3.23. The van der Waals surface area contributed by atoms with Gasteiger partial charge < -0.3 is 15.2 Å². The molecule has 1 aromatic carbocycles. The molecule has 98 valence electrons. The smallest absolute Gasteiger partial charge is 0.307 e. The zero-order chi connectivity index (χ0) is 13.0. The molecule has 1 aliphatic heterocycles. The fourth-order valence-electron chi connectivity index (χ4n) is 2.29. The number of carboxylic acids is 1. The van der Waals surface area contributed by atoms with Gasteiger partial charge in [0, 0.05) is 12.1 Å². The summed E-state index contributed by atoms with van der Waals surface area (Å²) in [5.41, 5.74) is 0.490. The Bertz CT molecular complexity index is 425. The van der Waals surface area contributed by atoms with Crippen LogP contribution in [0.15, 0.2) is 24.3 Å². The minimum atomic E-state index is -0.835. The normalized spacial score (nSPS) is 23.6. The molecule has 2 N–H and O–H groups in total. The highest BCUT2D eigenvalue weighted by Crippen LogP contribution is 2.27. The van der Waals surface area contributed by atoms with Gasteiger partial charge in [-0.15, -0.1) is 0 Å². The fraction of sp³-hybridized carbons (Fsp3) is 0.500. The molecule has 2 rings (SSSR count). The van der Waals surface area contributed by atoms with E-state index in [0.717, 1.165) is 31.5 Å². The maximum atomic E-state index is 10.8. The van der Waals surface area contributed by atoms with Crippen LogP contribution in [0.25, 0.3) is 0 Å². The van der Waals surface area contributed by atoms with E-state index in [9.17, 15) is 4.79 Å². The molecular formula is C14H19NO3. The van der Waals surface area contributed by atoms with Gasteiger partial charge >= 0.3 is 5.97 Å². The van der Waals surface area contributed by atoms with Crippen molar-refractivity contribution >= 4 is 5.97 Å². The SMILES string of the molecule is CC1(Oc2ccccc2CC(=O)O)CCCNC1. The van der Waals surface area contributed by atoms with Crippen molar-refractivity contribution < 1.29 is 14.6 Å². The second kappa shape index (κ2) is 5.40. The van der Waals surface area contributed by atoms with Crippen molar-refractivity contribution in [3.05, 3.63) is 29.8 Å². The number of carboxylic acid groups (broad SMARTS) is 1. The van der Waals surface area contributed by atoms with Crippen molar-refractivity contribution in [3.63, 3.8) is 0 Å². The number of para-hydroxylation sites is 1. The first-order chi connectivity index (χ1) is 8.59. The Balaban J connectivity index is 2.14. The van der Waals surface area contributed by atoms with Gasteiger partial charge in [0.25, 0.3) is 0 Å². The Labute approximate surface area is 107 Å². The van der Waals surface area contributed by atoms with E-state index in [0.29, 0.717) is 5.75 Å². The van der Waals surface area contributed by atoms with E-state index in [2.05, 4.69) is 12.2 Å². The Kier molecular flexibility index (Phi) is 3.87. The number of carbonyl (C=O) groups is 1. The van der Waals surface area contributed by atoms with Gasteiger partial charge in [-0.1, -0.05) is 18.2 Å². The van der Waals surface area contributed by atoms with E-state index in [-0.39, 0.29) is 12.0 Å². The molecule has 4 heteroatoms. The molecule has 1 fully saturated rings. The molecule has 18 heavy (non-hydrogen) atoms. The van der Waals surface area contributed by atoms with Crippen molar-refractivity contribution in [2.75, 3.05) is 13.1 Å². The van der Waals surface area contributed by atoms with Crippen molar-refractivity contribution in [1.29, 1.82) is 0 Å². The predicted octanol–water partition coefficient (Wildman–Crippen LogP) is 1.83. The summed E-state index contributed by atoms with van der Waals surface area (Å²) in [5, 5.41) is 12.2. The summed E-state index contributed by atoms with van der Waals surface area (Å²) in [6.45, 7) is 3.89. The van der Waals surface area contributed by atoms with Crippen LogP contribution in [0.2, 0.25) is 0 Å². The Hall–Kier alpha value is -1.55. The monoisotopic (exact) mass is 249 g/mol. The minimum absolute atomic E-state index is 0.000316. The number of aliphatic carboxylic acids is 1. The molecule has 1 unspecified atom stereocenters. The standard InChI is InChI=1S/C14H19NO3/c1-14(7-4-8-15-10-14)18-12-6-3-2-5-11(12)9-13(16)17/h2-3,5-6,15H,4,7-10H2,1H3,(H,16,17). The first kappa shape index (κ1) is 12.9. The van der Waals surface area contributed by atoms with Gasteiger partial charge in [-0.25, -0.2) is 0 Å².